The van der Waals surface area contributed by atoms with E-state index in [0.717, 1.165) is 30.7 Å². The molecule has 1 amide bonds. The zero-order valence-electron chi connectivity index (χ0n) is 14.5. The maximum absolute atomic E-state index is 12.5. The van der Waals surface area contributed by atoms with E-state index >= 15 is 0 Å². The van der Waals surface area contributed by atoms with Crippen LogP contribution in [0.2, 0.25) is 0 Å². The van der Waals surface area contributed by atoms with Crippen molar-refractivity contribution in [3.63, 3.8) is 0 Å². The number of carbonyl (C=O) groups excluding carboxylic acids is 1. The molecule has 1 aliphatic carbocycles. The van der Waals surface area contributed by atoms with Gasteiger partial charge in [0, 0.05) is 12.0 Å². The van der Waals surface area contributed by atoms with Crippen LogP contribution in [0.4, 0.5) is 0 Å². The minimum atomic E-state index is -0.105. The molecule has 0 aromatic carbocycles. The molecular formula is C18H26N4O2. The van der Waals surface area contributed by atoms with Crippen LogP contribution >= 0.6 is 0 Å². The summed E-state index contributed by atoms with van der Waals surface area (Å²) >= 11 is 0. The highest BCUT2D eigenvalue weighted by atomic mass is 16.5. The summed E-state index contributed by atoms with van der Waals surface area (Å²) in [6.45, 7) is 4.63. The Morgan fingerprint density at radius 1 is 1.38 bits per heavy atom. The van der Waals surface area contributed by atoms with E-state index in [0.29, 0.717) is 29.7 Å². The van der Waals surface area contributed by atoms with Crippen molar-refractivity contribution in [1.82, 2.24) is 20.7 Å². The van der Waals surface area contributed by atoms with Crippen molar-refractivity contribution in [3.8, 4) is 0 Å². The quantitative estimate of drug-likeness (QED) is 0.848. The normalized spacial score (nSPS) is 15.8. The maximum Gasteiger partial charge on any atom is 0.255 e. The van der Waals surface area contributed by atoms with E-state index in [4.69, 9.17) is 4.52 Å². The predicted octanol–water partition coefficient (Wildman–Crippen LogP) is 3.57. The summed E-state index contributed by atoms with van der Waals surface area (Å²) in [6.07, 6.45) is 8.50. The van der Waals surface area contributed by atoms with Crippen LogP contribution < -0.4 is 5.32 Å². The Morgan fingerprint density at radius 3 is 2.92 bits per heavy atom. The molecule has 0 unspecified atom stereocenters. The molecule has 2 aromatic heterocycles. The van der Waals surface area contributed by atoms with Crippen LogP contribution in [0.15, 0.2) is 16.8 Å². The van der Waals surface area contributed by atoms with Gasteiger partial charge in [0.2, 0.25) is 0 Å². The first-order valence-corrected chi connectivity index (χ1v) is 8.89. The molecule has 2 heterocycles. The Hall–Kier alpha value is -2.11. The molecule has 6 heteroatoms. The topological polar surface area (TPSA) is 83.8 Å². The van der Waals surface area contributed by atoms with Gasteiger partial charge in [-0.3, -0.25) is 9.89 Å². The number of aromatic nitrogens is 3. The second kappa shape index (κ2) is 7.64. The fraction of sp³-hybridized carbons (Fsp3) is 0.611. The van der Waals surface area contributed by atoms with Crippen molar-refractivity contribution in [2.45, 2.75) is 64.8 Å². The van der Waals surface area contributed by atoms with Crippen molar-refractivity contribution >= 4 is 5.91 Å². The predicted molar refractivity (Wildman–Crippen MR) is 90.6 cm³/mol. The molecule has 1 saturated carbocycles. The first-order valence-electron chi connectivity index (χ1n) is 8.89. The summed E-state index contributed by atoms with van der Waals surface area (Å²) in [5.41, 5.74) is 2.56. The van der Waals surface area contributed by atoms with Gasteiger partial charge in [0.15, 0.2) is 5.76 Å². The van der Waals surface area contributed by atoms with E-state index in [1.165, 1.54) is 19.3 Å². The second-order valence-corrected chi connectivity index (χ2v) is 7.10. The van der Waals surface area contributed by atoms with Crippen molar-refractivity contribution < 1.29 is 9.32 Å². The van der Waals surface area contributed by atoms with E-state index in [9.17, 15) is 4.79 Å². The van der Waals surface area contributed by atoms with Gasteiger partial charge < -0.3 is 9.84 Å². The van der Waals surface area contributed by atoms with Crippen molar-refractivity contribution in [3.05, 3.63) is 35.0 Å². The molecule has 1 fully saturated rings. The number of hydrogen-bond acceptors (Lipinski definition) is 4. The highest BCUT2D eigenvalue weighted by Gasteiger charge is 2.23. The van der Waals surface area contributed by atoms with Gasteiger partial charge in [0.25, 0.3) is 5.91 Å². The summed E-state index contributed by atoms with van der Waals surface area (Å²) in [6, 6.07) is 1.91. The van der Waals surface area contributed by atoms with Gasteiger partial charge in [-0.05, 0) is 25.2 Å². The molecule has 0 atom stereocenters. The highest BCUT2D eigenvalue weighted by Crippen LogP contribution is 2.33. The number of amides is 1. The Bertz CT molecular complexity index is 668. The Kier molecular flexibility index (Phi) is 5.33. The molecule has 1 aliphatic rings. The maximum atomic E-state index is 12.5. The molecular weight excluding hydrogens is 304 g/mol. The molecule has 2 aromatic rings. The first kappa shape index (κ1) is 16.7. The highest BCUT2D eigenvalue weighted by molar-refractivity contribution is 5.95. The van der Waals surface area contributed by atoms with Gasteiger partial charge in [0.05, 0.1) is 29.7 Å². The van der Waals surface area contributed by atoms with Crippen molar-refractivity contribution in [2.24, 2.45) is 5.92 Å². The molecule has 0 radical (unpaired) electrons. The summed E-state index contributed by atoms with van der Waals surface area (Å²) in [5, 5.41) is 14.1. The molecule has 0 spiro atoms. The number of carbonyl (C=O) groups is 1. The Labute approximate surface area is 142 Å². The van der Waals surface area contributed by atoms with Crippen LogP contribution in [0.5, 0.6) is 0 Å². The first-order chi connectivity index (χ1) is 11.6. The van der Waals surface area contributed by atoms with Crippen molar-refractivity contribution in [1.29, 1.82) is 0 Å². The van der Waals surface area contributed by atoms with E-state index in [-0.39, 0.29) is 5.91 Å². The monoisotopic (exact) mass is 330 g/mol. The van der Waals surface area contributed by atoms with Gasteiger partial charge in [-0.2, -0.15) is 5.10 Å². The van der Waals surface area contributed by atoms with Gasteiger partial charge in [0.1, 0.15) is 0 Å². The largest absolute Gasteiger partial charge is 0.359 e. The third kappa shape index (κ3) is 4.04. The lowest BCUT2D eigenvalue weighted by Gasteiger charge is -2.21. The smallest absolute Gasteiger partial charge is 0.255 e. The van der Waals surface area contributed by atoms with Crippen LogP contribution in [0.1, 0.15) is 79.4 Å². The summed E-state index contributed by atoms with van der Waals surface area (Å²) < 4.78 is 5.29. The molecule has 6 nitrogen and oxygen atoms in total. The third-order valence-electron chi connectivity index (χ3n) is 4.58. The van der Waals surface area contributed by atoms with Gasteiger partial charge >= 0.3 is 0 Å². The number of H-pyrrole nitrogens is 1. The molecule has 0 bridgehead atoms. The number of nitrogens with zero attached hydrogens (tertiary/aromatic N) is 2. The Balaban J connectivity index is 1.59. The van der Waals surface area contributed by atoms with E-state index in [1.807, 2.05) is 6.07 Å². The third-order valence-corrected chi connectivity index (χ3v) is 4.58. The standard InChI is InChI=1S/C18H26N4O2/c1-12(2)8-14-9-15(24-22-14)10-19-18(23)16-11-20-21-17(16)13-6-4-3-5-7-13/h9,11-13H,3-8,10H2,1-2H3,(H,19,23)(H,20,21). The fourth-order valence-electron chi connectivity index (χ4n) is 3.40. The van der Waals surface area contributed by atoms with Crippen LogP contribution in [-0.2, 0) is 13.0 Å². The number of rotatable bonds is 6. The van der Waals surface area contributed by atoms with Crippen LogP contribution in [0.3, 0.4) is 0 Å². The average molecular weight is 330 g/mol. The lowest BCUT2D eigenvalue weighted by Crippen LogP contribution is -2.24. The SMILES string of the molecule is CC(C)Cc1cc(CNC(=O)c2cn[nH]c2C2CCCCC2)on1. The number of hydrogen-bond donors (Lipinski definition) is 2. The van der Waals surface area contributed by atoms with Crippen LogP contribution in [-0.4, -0.2) is 21.3 Å². The minimum Gasteiger partial charge on any atom is -0.359 e. The van der Waals surface area contributed by atoms with E-state index < -0.39 is 0 Å². The zero-order chi connectivity index (χ0) is 16.9. The zero-order valence-corrected chi connectivity index (χ0v) is 14.5. The minimum absolute atomic E-state index is 0.105. The molecule has 2 N–H and O–H groups in total. The molecule has 130 valence electrons. The lowest BCUT2D eigenvalue weighted by atomic mass is 9.85. The number of aromatic amines is 1. The van der Waals surface area contributed by atoms with Gasteiger partial charge in [-0.25, -0.2) is 0 Å². The molecule has 0 aliphatic heterocycles. The van der Waals surface area contributed by atoms with Crippen LogP contribution in [0.25, 0.3) is 0 Å². The number of nitrogens with one attached hydrogen (secondary N) is 2. The molecule has 3 rings (SSSR count). The van der Waals surface area contributed by atoms with Crippen LogP contribution in [0, 0.1) is 5.92 Å². The van der Waals surface area contributed by atoms with E-state index in [1.54, 1.807) is 6.20 Å². The van der Waals surface area contributed by atoms with Gasteiger partial charge in [-0.1, -0.05) is 38.3 Å². The molecule has 24 heavy (non-hydrogen) atoms. The summed E-state index contributed by atoms with van der Waals surface area (Å²) in [7, 11) is 0. The summed E-state index contributed by atoms with van der Waals surface area (Å²) in [4.78, 5) is 12.5. The Morgan fingerprint density at radius 2 is 2.17 bits per heavy atom. The summed E-state index contributed by atoms with van der Waals surface area (Å²) in [5.74, 6) is 1.53. The molecule has 0 saturated heterocycles. The average Bonchev–Trinajstić information content (AvgIpc) is 3.22. The fourth-order valence-corrected chi connectivity index (χ4v) is 3.40. The van der Waals surface area contributed by atoms with Crippen molar-refractivity contribution in [2.75, 3.05) is 0 Å². The second-order valence-electron chi connectivity index (χ2n) is 7.10. The van der Waals surface area contributed by atoms with E-state index in [2.05, 4.69) is 34.5 Å². The lowest BCUT2D eigenvalue weighted by molar-refractivity contribution is 0.0945. The van der Waals surface area contributed by atoms with Gasteiger partial charge in [-0.15, -0.1) is 0 Å².